The molecule has 1 saturated heterocycles. The van der Waals surface area contributed by atoms with Crippen molar-refractivity contribution in [1.29, 1.82) is 0 Å². The molecule has 2 aliphatic rings. The molecule has 0 aromatic heterocycles. The minimum absolute atomic E-state index is 0.0111. The van der Waals surface area contributed by atoms with E-state index >= 15 is 0 Å². The third kappa shape index (κ3) is 4.94. The highest BCUT2D eigenvalue weighted by molar-refractivity contribution is 5.69. The van der Waals surface area contributed by atoms with Gasteiger partial charge in [0.2, 0.25) is 0 Å². The average Bonchev–Trinajstić information content (AvgIpc) is 2.41. The molecule has 0 radical (unpaired) electrons. The maximum absolute atomic E-state index is 11.7. The number of carbonyl (C=O) groups is 1. The van der Waals surface area contributed by atoms with E-state index in [9.17, 15) is 4.79 Å². The Balaban J connectivity index is 1.53. The van der Waals surface area contributed by atoms with Gasteiger partial charge in [-0.25, -0.2) is 0 Å². The second-order valence-corrected chi connectivity index (χ2v) is 5.52. The molecule has 1 aliphatic carbocycles. The van der Waals surface area contributed by atoms with Crippen LogP contribution in [0.1, 0.15) is 38.5 Å². The number of ether oxygens (including phenoxy) is 1. The number of nitrogens with zero attached hydrogens (tertiary/aromatic N) is 1. The van der Waals surface area contributed by atoms with Crippen molar-refractivity contribution < 1.29 is 9.53 Å². The highest BCUT2D eigenvalue weighted by Crippen LogP contribution is 2.26. The predicted molar refractivity (Wildman–Crippen MR) is 71.5 cm³/mol. The summed E-state index contributed by atoms with van der Waals surface area (Å²) in [5, 5.41) is 3.32. The van der Waals surface area contributed by atoms with Gasteiger partial charge in [0, 0.05) is 39.1 Å². The summed E-state index contributed by atoms with van der Waals surface area (Å²) in [5.41, 5.74) is 0. The number of hydrogen-bond acceptors (Lipinski definition) is 4. The Kier molecular flexibility index (Phi) is 5.94. The third-order valence-electron chi connectivity index (χ3n) is 4.06. The van der Waals surface area contributed by atoms with Crippen LogP contribution in [0.5, 0.6) is 0 Å². The fraction of sp³-hybridized carbons (Fsp3) is 0.929. The van der Waals surface area contributed by atoms with Gasteiger partial charge in [0.25, 0.3) is 0 Å². The molecule has 0 spiro atoms. The maximum atomic E-state index is 11.7. The fourth-order valence-corrected chi connectivity index (χ4v) is 2.91. The third-order valence-corrected chi connectivity index (χ3v) is 4.06. The van der Waals surface area contributed by atoms with Crippen molar-refractivity contribution in [2.45, 2.75) is 38.5 Å². The van der Waals surface area contributed by atoms with Crippen LogP contribution in [0.25, 0.3) is 0 Å². The molecule has 0 amide bonds. The Morgan fingerprint density at radius 3 is 2.61 bits per heavy atom. The lowest BCUT2D eigenvalue weighted by atomic mass is 9.87. The van der Waals surface area contributed by atoms with Crippen LogP contribution in [0.15, 0.2) is 0 Å². The molecule has 18 heavy (non-hydrogen) atoms. The second-order valence-electron chi connectivity index (χ2n) is 5.52. The first-order valence-electron chi connectivity index (χ1n) is 7.43. The van der Waals surface area contributed by atoms with Crippen molar-refractivity contribution in [2.24, 2.45) is 5.92 Å². The number of esters is 1. The molecule has 0 bridgehead atoms. The summed E-state index contributed by atoms with van der Waals surface area (Å²) in [5.74, 6) is 0.600. The standard InChI is InChI=1S/C14H26N2O2/c17-14(12-13-4-2-1-3-5-13)18-11-10-16-8-6-15-7-9-16/h13,15H,1-12H2. The topological polar surface area (TPSA) is 41.6 Å². The molecular weight excluding hydrogens is 228 g/mol. The van der Waals surface area contributed by atoms with Crippen molar-refractivity contribution >= 4 is 5.97 Å². The molecule has 2 rings (SSSR count). The van der Waals surface area contributed by atoms with Gasteiger partial charge in [-0.05, 0) is 18.8 Å². The molecule has 0 unspecified atom stereocenters. The predicted octanol–water partition coefficient (Wildman–Crippen LogP) is 1.41. The molecule has 104 valence electrons. The molecule has 0 atom stereocenters. The van der Waals surface area contributed by atoms with Crippen LogP contribution in [0.2, 0.25) is 0 Å². The summed E-state index contributed by atoms with van der Waals surface area (Å²) < 4.78 is 5.35. The van der Waals surface area contributed by atoms with E-state index in [-0.39, 0.29) is 5.97 Å². The number of hydrogen-bond donors (Lipinski definition) is 1. The molecule has 4 nitrogen and oxygen atoms in total. The molecule has 2 fully saturated rings. The lowest BCUT2D eigenvalue weighted by Crippen LogP contribution is -2.44. The smallest absolute Gasteiger partial charge is 0.306 e. The molecule has 1 aliphatic heterocycles. The van der Waals surface area contributed by atoms with E-state index in [1.165, 1.54) is 32.1 Å². The summed E-state index contributed by atoms with van der Waals surface area (Å²) in [6, 6.07) is 0. The summed E-state index contributed by atoms with van der Waals surface area (Å²) >= 11 is 0. The zero-order valence-corrected chi connectivity index (χ0v) is 11.3. The minimum Gasteiger partial charge on any atom is -0.464 e. The molecule has 4 heteroatoms. The Hall–Kier alpha value is -0.610. The Morgan fingerprint density at radius 2 is 1.89 bits per heavy atom. The van der Waals surface area contributed by atoms with Crippen molar-refractivity contribution in [3.63, 3.8) is 0 Å². The van der Waals surface area contributed by atoms with Crippen molar-refractivity contribution in [2.75, 3.05) is 39.3 Å². The monoisotopic (exact) mass is 254 g/mol. The number of piperazine rings is 1. The minimum atomic E-state index is 0.0111. The SMILES string of the molecule is O=C(CC1CCCCC1)OCCN1CCNCC1. The van der Waals surface area contributed by atoms with Crippen LogP contribution in [0.3, 0.4) is 0 Å². The van der Waals surface area contributed by atoms with Crippen LogP contribution in [-0.4, -0.2) is 50.2 Å². The van der Waals surface area contributed by atoms with Gasteiger partial charge in [0.1, 0.15) is 6.61 Å². The summed E-state index contributed by atoms with van der Waals surface area (Å²) in [6.45, 7) is 5.69. The Bertz CT molecular complexity index is 246. The number of nitrogens with one attached hydrogen (secondary N) is 1. The lowest BCUT2D eigenvalue weighted by molar-refractivity contribution is -0.145. The van der Waals surface area contributed by atoms with E-state index in [1.54, 1.807) is 0 Å². The van der Waals surface area contributed by atoms with Crippen LogP contribution < -0.4 is 5.32 Å². The Morgan fingerprint density at radius 1 is 1.17 bits per heavy atom. The van der Waals surface area contributed by atoms with E-state index in [0.29, 0.717) is 18.9 Å². The van der Waals surface area contributed by atoms with Gasteiger partial charge >= 0.3 is 5.97 Å². The molecule has 0 aromatic rings. The molecule has 1 saturated carbocycles. The van der Waals surface area contributed by atoms with E-state index in [2.05, 4.69) is 10.2 Å². The van der Waals surface area contributed by atoms with Crippen LogP contribution >= 0.6 is 0 Å². The quantitative estimate of drug-likeness (QED) is 0.753. The van der Waals surface area contributed by atoms with Crippen LogP contribution in [0, 0.1) is 5.92 Å². The van der Waals surface area contributed by atoms with Gasteiger partial charge in [-0.1, -0.05) is 19.3 Å². The van der Waals surface area contributed by atoms with Crippen LogP contribution in [-0.2, 0) is 9.53 Å². The molecule has 1 N–H and O–H groups in total. The molecular formula is C14H26N2O2. The van der Waals surface area contributed by atoms with Crippen molar-refractivity contribution in [1.82, 2.24) is 10.2 Å². The summed E-state index contributed by atoms with van der Waals surface area (Å²) in [6.07, 6.45) is 6.99. The highest BCUT2D eigenvalue weighted by Gasteiger charge is 2.18. The van der Waals surface area contributed by atoms with Gasteiger partial charge < -0.3 is 10.1 Å². The number of rotatable bonds is 5. The Labute approximate surface area is 110 Å². The van der Waals surface area contributed by atoms with E-state index < -0.39 is 0 Å². The highest BCUT2D eigenvalue weighted by atomic mass is 16.5. The normalized spacial score (nSPS) is 22.9. The lowest BCUT2D eigenvalue weighted by Gasteiger charge is -2.27. The average molecular weight is 254 g/mol. The van der Waals surface area contributed by atoms with Gasteiger partial charge in [0.15, 0.2) is 0 Å². The first-order valence-corrected chi connectivity index (χ1v) is 7.43. The summed E-state index contributed by atoms with van der Waals surface area (Å²) in [4.78, 5) is 14.1. The largest absolute Gasteiger partial charge is 0.464 e. The van der Waals surface area contributed by atoms with Gasteiger partial charge in [-0.3, -0.25) is 9.69 Å². The zero-order chi connectivity index (χ0) is 12.6. The number of carbonyl (C=O) groups excluding carboxylic acids is 1. The van der Waals surface area contributed by atoms with Gasteiger partial charge in [-0.2, -0.15) is 0 Å². The van der Waals surface area contributed by atoms with E-state index in [4.69, 9.17) is 4.74 Å². The van der Waals surface area contributed by atoms with Crippen molar-refractivity contribution in [3.8, 4) is 0 Å². The maximum Gasteiger partial charge on any atom is 0.306 e. The van der Waals surface area contributed by atoms with Gasteiger partial charge in [-0.15, -0.1) is 0 Å². The summed E-state index contributed by atoms with van der Waals surface area (Å²) in [7, 11) is 0. The van der Waals surface area contributed by atoms with Crippen LogP contribution in [0.4, 0.5) is 0 Å². The molecule has 1 heterocycles. The zero-order valence-electron chi connectivity index (χ0n) is 11.3. The van der Waals surface area contributed by atoms with E-state index in [0.717, 1.165) is 32.7 Å². The first-order chi connectivity index (χ1) is 8.84. The fourth-order valence-electron chi connectivity index (χ4n) is 2.91. The first kappa shape index (κ1) is 13.8. The van der Waals surface area contributed by atoms with Crippen molar-refractivity contribution in [3.05, 3.63) is 0 Å². The second kappa shape index (κ2) is 7.74. The van der Waals surface area contributed by atoms with E-state index in [1.807, 2.05) is 0 Å². The molecule has 0 aromatic carbocycles. The van der Waals surface area contributed by atoms with Gasteiger partial charge in [0.05, 0.1) is 0 Å².